The van der Waals surface area contributed by atoms with Crippen LogP contribution in [0.15, 0.2) is 18.5 Å². The van der Waals surface area contributed by atoms with Crippen LogP contribution in [-0.4, -0.2) is 25.0 Å². The van der Waals surface area contributed by atoms with Crippen LogP contribution in [0.25, 0.3) is 0 Å². The van der Waals surface area contributed by atoms with Crippen molar-refractivity contribution in [3.8, 4) is 0 Å². The highest BCUT2D eigenvalue weighted by atomic mass is 15.4. The molecule has 1 unspecified atom stereocenters. The molecule has 0 aromatic carbocycles. The third-order valence-electron chi connectivity index (χ3n) is 2.64. The van der Waals surface area contributed by atoms with E-state index < -0.39 is 0 Å². The van der Waals surface area contributed by atoms with E-state index >= 15 is 0 Å². The highest BCUT2D eigenvalue weighted by molar-refractivity contribution is 5.19. The molecule has 0 radical (unpaired) electrons. The molecule has 0 aliphatic rings. The smallest absolute Gasteiger partial charge is 0.125 e. The molecular weight excluding hydrogens is 230 g/mol. The summed E-state index contributed by atoms with van der Waals surface area (Å²) in [5.74, 6) is 6.34. The average molecular weight is 247 g/mol. The number of aryl methyl sites for hydroxylation is 2. The van der Waals surface area contributed by atoms with Crippen molar-refractivity contribution in [1.29, 1.82) is 0 Å². The fourth-order valence-corrected chi connectivity index (χ4v) is 1.83. The number of nitrogens with one attached hydrogen (secondary N) is 1. The van der Waals surface area contributed by atoms with Gasteiger partial charge in [-0.2, -0.15) is 0 Å². The quantitative estimate of drug-likeness (QED) is 0.584. The molecule has 0 spiro atoms. The molecule has 0 saturated carbocycles. The van der Waals surface area contributed by atoms with Gasteiger partial charge in [-0.25, -0.2) is 20.1 Å². The lowest BCUT2D eigenvalue weighted by molar-refractivity contribution is 0.506. The molecule has 2 heterocycles. The summed E-state index contributed by atoms with van der Waals surface area (Å²) in [5.41, 5.74) is 4.47. The Morgan fingerprint density at radius 3 is 3.00 bits per heavy atom. The number of hydrogen-bond acceptors (Lipinski definition) is 6. The Morgan fingerprint density at radius 2 is 2.33 bits per heavy atom. The Kier molecular flexibility index (Phi) is 3.96. The Bertz CT molecular complexity index is 508. The molecule has 0 fully saturated rings. The number of hydrazine groups is 1. The van der Waals surface area contributed by atoms with E-state index in [1.807, 2.05) is 17.7 Å². The van der Waals surface area contributed by atoms with Gasteiger partial charge >= 0.3 is 0 Å². The van der Waals surface area contributed by atoms with Crippen LogP contribution in [0.2, 0.25) is 0 Å². The van der Waals surface area contributed by atoms with Crippen LogP contribution >= 0.6 is 0 Å². The van der Waals surface area contributed by atoms with Crippen LogP contribution in [0, 0.1) is 6.92 Å². The summed E-state index contributed by atoms with van der Waals surface area (Å²) in [6, 6.07) is 1.61. The number of hydrogen-bond donors (Lipinski definition) is 2. The molecule has 0 amide bonds. The van der Waals surface area contributed by atoms with Crippen molar-refractivity contribution in [2.75, 3.05) is 0 Å². The Hall–Kier alpha value is -1.86. The molecule has 2 aromatic rings. The second-order valence-corrected chi connectivity index (χ2v) is 4.01. The zero-order valence-corrected chi connectivity index (χ0v) is 10.5. The highest BCUT2D eigenvalue weighted by Gasteiger charge is 2.19. The van der Waals surface area contributed by atoms with Gasteiger partial charge in [0.15, 0.2) is 0 Å². The number of rotatable bonds is 5. The van der Waals surface area contributed by atoms with E-state index in [0.29, 0.717) is 5.82 Å². The van der Waals surface area contributed by atoms with Crippen LogP contribution in [-0.2, 0) is 6.54 Å². The first-order valence-corrected chi connectivity index (χ1v) is 5.90. The minimum absolute atomic E-state index is 0.228. The molecule has 18 heavy (non-hydrogen) atoms. The highest BCUT2D eigenvalue weighted by Crippen LogP contribution is 2.18. The van der Waals surface area contributed by atoms with Crippen LogP contribution in [0.4, 0.5) is 0 Å². The number of nitrogens with zero attached hydrogens (tertiary/aromatic N) is 5. The first-order valence-electron chi connectivity index (χ1n) is 5.90. The molecule has 0 bridgehead atoms. The van der Waals surface area contributed by atoms with Gasteiger partial charge < -0.3 is 0 Å². The molecule has 2 rings (SSSR count). The topological polar surface area (TPSA) is 94.5 Å². The van der Waals surface area contributed by atoms with E-state index in [9.17, 15) is 0 Å². The van der Waals surface area contributed by atoms with Crippen LogP contribution in [0.1, 0.15) is 36.6 Å². The van der Waals surface area contributed by atoms with Gasteiger partial charge in [0.05, 0.1) is 17.6 Å². The molecule has 0 aliphatic heterocycles. The molecule has 0 saturated heterocycles. The van der Waals surface area contributed by atoms with E-state index in [1.54, 1.807) is 12.4 Å². The predicted octanol–water partition coefficient (Wildman–Crippen LogP) is 0.339. The maximum Gasteiger partial charge on any atom is 0.125 e. The summed E-state index contributed by atoms with van der Waals surface area (Å²) in [6.07, 6.45) is 4.41. The van der Waals surface area contributed by atoms with Gasteiger partial charge in [0.1, 0.15) is 11.9 Å². The zero-order valence-electron chi connectivity index (χ0n) is 10.5. The second kappa shape index (κ2) is 5.65. The van der Waals surface area contributed by atoms with Crippen molar-refractivity contribution in [1.82, 2.24) is 30.4 Å². The number of aromatic nitrogens is 5. The summed E-state index contributed by atoms with van der Waals surface area (Å²) >= 11 is 0. The van der Waals surface area contributed by atoms with E-state index in [-0.39, 0.29) is 6.04 Å². The third-order valence-corrected chi connectivity index (χ3v) is 2.64. The zero-order chi connectivity index (χ0) is 13.0. The van der Waals surface area contributed by atoms with Gasteiger partial charge in [0, 0.05) is 12.7 Å². The minimum Gasteiger partial charge on any atom is -0.270 e. The van der Waals surface area contributed by atoms with E-state index in [4.69, 9.17) is 5.84 Å². The van der Waals surface area contributed by atoms with Crippen LogP contribution < -0.4 is 11.3 Å². The molecule has 2 aromatic heterocycles. The molecule has 3 N–H and O–H groups in total. The Balaban J connectivity index is 2.36. The summed E-state index contributed by atoms with van der Waals surface area (Å²) in [6.45, 7) is 4.74. The van der Waals surface area contributed by atoms with E-state index in [0.717, 1.165) is 24.4 Å². The normalized spacial score (nSPS) is 12.6. The summed E-state index contributed by atoms with van der Waals surface area (Å²) in [4.78, 5) is 8.46. The fraction of sp³-hybridized carbons (Fsp3) is 0.455. The van der Waals surface area contributed by atoms with Crippen LogP contribution in [0.3, 0.4) is 0 Å². The minimum atomic E-state index is -0.228. The van der Waals surface area contributed by atoms with E-state index in [2.05, 4.69) is 32.6 Å². The van der Waals surface area contributed by atoms with Crippen LogP contribution in [0.5, 0.6) is 0 Å². The summed E-state index contributed by atoms with van der Waals surface area (Å²) in [5, 5.41) is 7.98. The fourth-order valence-electron chi connectivity index (χ4n) is 1.83. The molecule has 7 nitrogen and oxygen atoms in total. The molecule has 7 heteroatoms. The lowest BCUT2D eigenvalue weighted by Gasteiger charge is -2.16. The SMILES string of the molecule is CCCn1nncc1C(NN)c1ccnc(C)n1. The van der Waals surface area contributed by atoms with Crippen molar-refractivity contribution in [3.05, 3.63) is 35.7 Å². The Morgan fingerprint density at radius 1 is 1.50 bits per heavy atom. The standard InChI is InChI=1S/C11H17N7/c1-3-6-18-10(7-14-17-18)11(16-12)9-4-5-13-8(2)15-9/h4-5,7,11,16H,3,6,12H2,1-2H3. The maximum absolute atomic E-state index is 5.63. The average Bonchev–Trinajstić information content (AvgIpc) is 2.79. The molecule has 1 atom stereocenters. The Labute approximate surface area is 105 Å². The second-order valence-electron chi connectivity index (χ2n) is 4.01. The van der Waals surface area contributed by atoms with Gasteiger partial charge in [0.25, 0.3) is 0 Å². The lowest BCUT2D eigenvalue weighted by Crippen LogP contribution is -2.31. The summed E-state index contributed by atoms with van der Waals surface area (Å²) in [7, 11) is 0. The maximum atomic E-state index is 5.63. The van der Waals surface area contributed by atoms with E-state index in [1.165, 1.54) is 0 Å². The van der Waals surface area contributed by atoms with Crippen molar-refractivity contribution in [2.45, 2.75) is 32.9 Å². The molecule has 0 aliphatic carbocycles. The van der Waals surface area contributed by atoms with Gasteiger partial charge in [-0.05, 0) is 19.4 Å². The van der Waals surface area contributed by atoms with Crippen molar-refractivity contribution in [2.24, 2.45) is 5.84 Å². The van der Waals surface area contributed by atoms with Gasteiger partial charge in [-0.15, -0.1) is 5.10 Å². The van der Waals surface area contributed by atoms with Crippen molar-refractivity contribution in [3.63, 3.8) is 0 Å². The van der Waals surface area contributed by atoms with Crippen molar-refractivity contribution >= 4 is 0 Å². The van der Waals surface area contributed by atoms with Gasteiger partial charge in [-0.3, -0.25) is 5.84 Å². The molecular formula is C11H17N7. The number of nitrogens with two attached hydrogens (primary N) is 1. The first kappa shape index (κ1) is 12.6. The largest absolute Gasteiger partial charge is 0.270 e. The summed E-state index contributed by atoms with van der Waals surface area (Å²) < 4.78 is 1.84. The predicted molar refractivity (Wildman–Crippen MR) is 66.2 cm³/mol. The van der Waals surface area contributed by atoms with Gasteiger partial charge in [-0.1, -0.05) is 12.1 Å². The lowest BCUT2D eigenvalue weighted by atomic mass is 10.1. The molecule has 96 valence electrons. The monoisotopic (exact) mass is 247 g/mol. The third kappa shape index (κ3) is 2.52. The van der Waals surface area contributed by atoms with Gasteiger partial charge in [0.2, 0.25) is 0 Å². The first-order chi connectivity index (χ1) is 8.76. The van der Waals surface area contributed by atoms with Crippen molar-refractivity contribution < 1.29 is 0 Å².